The monoisotopic (exact) mass is 248 g/mol. The van der Waals surface area contributed by atoms with Gasteiger partial charge in [0, 0.05) is 34.9 Å². The molecule has 0 bridgehead atoms. The maximum Gasteiger partial charge on any atom is 0.0601 e. The van der Waals surface area contributed by atoms with Crippen molar-refractivity contribution in [2.75, 3.05) is 12.3 Å². The van der Waals surface area contributed by atoms with Crippen molar-refractivity contribution >= 4 is 17.3 Å². The lowest BCUT2D eigenvalue weighted by Gasteiger charge is -2.16. The normalized spacial score (nSPS) is 14.6. The van der Waals surface area contributed by atoms with Crippen molar-refractivity contribution in [3.63, 3.8) is 0 Å². The number of nitrogens with one attached hydrogen (secondary N) is 1. The number of rotatable bonds is 1. The summed E-state index contributed by atoms with van der Waals surface area (Å²) >= 11 is 6.02. The third kappa shape index (κ3) is 1.79. The van der Waals surface area contributed by atoms with Gasteiger partial charge in [0.1, 0.15) is 0 Å². The van der Waals surface area contributed by atoms with Crippen LogP contribution in [0.3, 0.4) is 0 Å². The number of nitrogen functional groups attached to an aromatic ring is 1. The van der Waals surface area contributed by atoms with Crippen molar-refractivity contribution < 1.29 is 0 Å². The minimum Gasteiger partial charge on any atom is -0.398 e. The molecule has 17 heavy (non-hydrogen) atoms. The quantitative estimate of drug-likeness (QED) is 0.758. The number of anilines is 1. The number of fused-ring (bicyclic) bond motifs is 1. The Bertz CT molecular complexity index is 562. The van der Waals surface area contributed by atoms with Crippen molar-refractivity contribution in [1.29, 1.82) is 0 Å². The SMILES string of the molecule is Nc1ccc(Cl)cc1-c1cnn2c1CNCC2. The number of hydrogen-bond acceptors (Lipinski definition) is 3. The van der Waals surface area contributed by atoms with Crippen LogP contribution in [-0.4, -0.2) is 16.3 Å². The fourth-order valence-corrected chi connectivity index (χ4v) is 2.34. The number of nitrogens with two attached hydrogens (primary N) is 1. The average molecular weight is 249 g/mol. The van der Waals surface area contributed by atoms with Crippen LogP contribution in [0.4, 0.5) is 5.69 Å². The van der Waals surface area contributed by atoms with E-state index < -0.39 is 0 Å². The Morgan fingerprint density at radius 1 is 1.35 bits per heavy atom. The highest BCUT2D eigenvalue weighted by molar-refractivity contribution is 6.31. The molecular formula is C12H13ClN4. The van der Waals surface area contributed by atoms with Gasteiger partial charge in [-0.1, -0.05) is 11.6 Å². The molecule has 1 aromatic carbocycles. The van der Waals surface area contributed by atoms with Crippen molar-refractivity contribution in [2.24, 2.45) is 0 Å². The molecule has 0 saturated carbocycles. The zero-order valence-corrected chi connectivity index (χ0v) is 10.0. The molecule has 0 radical (unpaired) electrons. The molecule has 0 fully saturated rings. The van der Waals surface area contributed by atoms with E-state index in [9.17, 15) is 0 Å². The molecular weight excluding hydrogens is 236 g/mol. The molecule has 0 saturated heterocycles. The van der Waals surface area contributed by atoms with Crippen LogP contribution in [0.1, 0.15) is 5.69 Å². The lowest BCUT2D eigenvalue weighted by atomic mass is 10.0. The first kappa shape index (κ1) is 10.6. The zero-order valence-electron chi connectivity index (χ0n) is 9.28. The number of halogens is 1. The van der Waals surface area contributed by atoms with Crippen molar-refractivity contribution in [1.82, 2.24) is 15.1 Å². The van der Waals surface area contributed by atoms with Gasteiger partial charge in [-0.15, -0.1) is 0 Å². The van der Waals surface area contributed by atoms with Gasteiger partial charge in [0.25, 0.3) is 0 Å². The Morgan fingerprint density at radius 3 is 3.12 bits per heavy atom. The van der Waals surface area contributed by atoms with Crippen LogP contribution in [0.15, 0.2) is 24.4 Å². The highest BCUT2D eigenvalue weighted by atomic mass is 35.5. The van der Waals surface area contributed by atoms with Crippen molar-refractivity contribution in [3.05, 3.63) is 35.1 Å². The Labute approximate surface area is 104 Å². The molecule has 88 valence electrons. The van der Waals surface area contributed by atoms with E-state index in [2.05, 4.69) is 10.4 Å². The maximum atomic E-state index is 6.02. The van der Waals surface area contributed by atoms with E-state index in [0.29, 0.717) is 5.02 Å². The second-order valence-electron chi connectivity index (χ2n) is 4.14. The van der Waals surface area contributed by atoms with Crippen molar-refractivity contribution in [2.45, 2.75) is 13.1 Å². The molecule has 0 atom stereocenters. The number of benzene rings is 1. The summed E-state index contributed by atoms with van der Waals surface area (Å²) in [5.41, 5.74) is 9.93. The third-order valence-corrected chi connectivity index (χ3v) is 3.28. The molecule has 2 aromatic rings. The summed E-state index contributed by atoms with van der Waals surface area (Å²) in [5, 5.41) is 8.41. The van der Waals surface area contributed by atoms with Gasteiger partial charge in [0.05, 0.1) is 18.4 Å². The van der Waals surface area contributed by atoms with Gasteiger partial charge in [0.15, 0.2) is 0 Å². The lowest BCUT2D eigenvalue weighted by molar-refractivity contribution is 0.476. The van der Waals surface area contributed by atoms with E-state index >= 15 is 0 Å². The molecule has 4 nitrogen and oxygen atoms in total. The summed E-state index contributed by atoms with van der Waals surface area (Å²) < 4.78 is 2.02. The molecule has 0 aliphatic carbocycles. The van der Waals surface area contributed by atoms with Crippen LogP contribution in [0.5, 0.6) is 0 Å². The zero-order chi connectivity index (χ0) is 11.8. The third-order valence-electron chi connectivity index (χ3n) is 3.05. The van der Waals surface area contributed by atoms with Gasteiger partial charge >= 0.3 is 0 Å². The Balaban J connectivity index is 2.15. The van der Waals surface area contributed by atoms with Crippen LogP contribution in [0.2, 0.25) is 5.02 Å². The second-order valence-corrected chi connectivity index (χ2v) is 4.57. The van der Waals surface area contributed by atoms with E-state index in [1.54, 1.807) is 6.07 Å². The largest absolute Gasteiger partial charge is 0.398 e. The van der Waals surface area contributed by atoms with E-state index in [1.807, 2.05) is 23.0 Å². The van der Waals surface area contributed by atoms with Crippen LogP contribution in [-0.2, 0) is 13.1 Å². The van der Waals surface area contributed by atoms with E-state index in [-0.39, 0.29) is 0 Å². The molecule has 1 aromatic heterocycles. The molecule has 1 aliphatic heterocycles. The van der Waals surface area contributed by atoms with E-state index in [4.69, 9.17) is 17.3 Å². The van der Waals surface area contributed by atoms with E-state index in [1.165, 1.54) is 5.69 Å². The summed E-state index contributed by atoms with van der Waals surface area (Å²) in [5.74, 6) is 0. The first-order valence-corrected chi connectivity index (χ1v) is 5.94. The Hall–Kier alpha value is -1.52. The lowest BCUT2D eigenvalue weighted by Crippen LogP contribution is -2.28. The van der Waals surface area contributed by atoms with Gasteiger partial charge in [-0.05, 0) is 18.2 Å². The molecule has 0 spiro atoms. The standard InChI is InChI=1S/C12H13ClN4/c13-8-1-2-11(14)9(5-8)10-6-16-17-4-3-15-7-12(10)17/h1-2,5-6,15H,3-4,7,14H2. The maximum absolute atomic E-state index is 6.02. The van der Waals surface area contributed by atoms with Gasteiger partial charge in [-0.3, -0.25) is 4.68 Å². The van der Waals surface area contributed by atoms with Gasteiger partial charge < -0.3 is 11.1 Å². The first-order valence-electron chi connectivity index (χ1n) is 5.56. The summed E-state index contributed by atoms with van der Waals surface area (Å²) in [6.07, 6.45) is 1.87. The smallest absolute Gasteiger partial charge is 0.0601 e. The summed E-state index contributed by atoms with van der Waals surface area (Å²) in [6.45, 7) is 2.68. The minimum atomic E-state index is 0.693. The topological polar surface area (TPSA) is 55.9 Å². The minimum absolute atomic E-state index is 0.693. The molecule has 2 heterocycles. The predicted molar refractivity (Wildman–Crippen MR) is 68.8 cm³/mol. The Morgan fingerprint density at radius 2 is 2.24 bits per heavy atom. The van der Waals surface area contributed by atoms with Gasteiger partial charge in [-0.2, -0.15) is 5.10 Å². The fourth-order valence-electron chi connectivity index (χ4n) is 2.17. The van der Waals surface area contributed by atoms with Crippen molar-refractivity contribution in [3.8, 4) is 11.1 Å². The highest BCUT2D eigenvalue weighted by Crippen LogP contribution is 2.31. The Kier molecular flexibility index (Phi) is 2.53. The predicted octanol–water partition coefficient (Wildman–Crippen LogP) is 1.89. The van der Waals surface area contributed by atoms with Gasteiger partial charge in [-0.25, -0.2) is 0 Å². The van der Waals surface area contributed by atoms with Crippen LogP contribution < -0.4 is 11.1 Å². The molecule has 1 aliphatic rings. The highest BCUT2D eigenvalue weighted by Gasteiger charge is 2.17. The number of nitrogens with zero attached hydrogens (tertiary/aromatic N) is 2. The average Bonchev–Trinajstić information content (AvgIpc) is 2.76. The van der Waals surface area contributed by atoms with E-state index in [0.717, 1.165) is 36.4 Å². The van der Waals surface area contributed by atoms with Gasteiger partial charge in [0.2, 0.25) is 0 Å². The molecule has 3 N–H and O–H groups in total. The molecule has 0 unspecified atom stereocenters. The molecule has 3 rings (SSSR count). The fraction of sp³-hybridized carbons (Fsp3) is 0.250. The van der Waals surface area contributed by atoms with Crippen LogP contribution in [0.25, 0.3) is 11.1 Å². The summed E-state index contributed by atoms with van der Waals surface area (Å²) in [7, 11) is 0. The number of hydrogen-bond donors (Lipinski definition) is 2. The van der Waals surface area contributed by atoms with Crippen LogP contribution in [0, 0.1) is 0 Å². The first-order chi connectivity index (χ1) is 8.25. The number of aromatic nitrogens is 2. The van der Waals surface area contributed by atoms with Crippen LogP contribution >= 0.6 is 11.6 Å². The molecule has 5 heteroatoms. The summed E-state index contributed by atoms with van der Waals surface area (Å²) in [4.78, 5) is 0. The molecule has 0 amide bonds. The second kappa shape index (κ2) is 4.05. The summed E-state index contributed by atoms with van der Waals surface area (Å²) in [6, 6.07) is 5.52.